The molecule has 0 unspecified atom stereocenters. The van der Waals surface area contributed by atoms with Crippen molar-refractivity contribution in [2.45, 2.75) is 6.92 Å². The van der Waals surface area contributed by atoms with Crippen LogP contribution in [0, 0.1) is 12.7 Å². The predicted octanol–water partition coefficient (Wildman–Crippen LogP) is 5.39. The fraction of sp³-hybridized carbons (Fsp3) is 0.150. The first kappa shape index (κ1) is 17.2. The van der Waals surface area contributed by atoms with Gasteiger partial charge in [-0.25, -0.2) is 4.39 Å². The maximum atomic E-state index is 14.1. The van der Waals surface area contributed by atoms with E-state index < -0.39 is 5.82 Å². The molecule has 3 nitrogen and oxygen atoms in total. The van der Waals surface area contributed by atoms with Crippen LogP contribution >= 0.6 is 11.6 Å². The fourth-order valence-corrected chi connectivity index (χ4v) is 3.03. The second-order valence-electron chi connectivity index (χ2n) is 6.11. The van der Waals surface area contributed by atoms with Crippen molar-refractivity contribution in [2.24, 2.45) is 0 Å². The first-order valence-electron chi connectivity index (χ1n) is 7.84. The molecule has 3 aromatic carbocycles. The number of nitrogens with one attached hydrogen (secondary N) is 1. The number of hydrogen-bond donors (Lipinski definition) is 1. The first-order valence-corrected chi connectivity index (χ1v) is 8.22. The van der Waals surface area contributed by atoms with Crippen molar-refractivity contribution < 1.29 is 9.18 Å². The van der Waals surface area contributed by atoms with Crippen molar-refractivity contribution in [2.75, 3.05) is 19.4 Å². The van der Waals surface area contributed by atoms with E-state index in [9.17, 15) is 9.18 Å². The van der Waals surface area contributed by atoms with E-state index >= 15 is 0 Å². The van der Waals surface area contributed by atoms with Crippen LogP contribution in [0.2, 0.25) is 5.02 Å². The van der Waals surface area contributed by atoms with Crippen LogP contribution in [0.3, 0.4) is 0 Å². The summed E-state index contributed by atoms with van der Waals surface area (Å²) in [6.45, 7) is 1.96. The van der Waals surface area contributed by atoms with Gasteiger partial charge in [-0.05, 0) is 48.2 Å². The Balaban J connectivity index is 2.18. The van der Waals surface area contributed by atoms with Gasteiger partial charge in [0.15, 0.2) is 0 Å². The Kier molecular flexibility index (Phi) is 4.64. The van der Waals surface area contributed by atoms with Crippen molar-refractivity contribution in [1.82, 2.24) is 4.90 Å². The third kappa shape index (κ3) is 3.30. The summed E-state index contributed by atoms with van der Waals surface area (Å²) in [5.74, 6) is -0.460. The number of amides is 1. The highest BCUT2D eigenvalue weighted by atomic mass is 35.5. The molecule has 0 saturated carbocycles. The van der Waals surface area contributed by atoms with E-state index in [1.54, 1.807) is 31.1 Å². The molecule has 0 aliphatic rings. The summed E-state index contributed by atoms with van der Waals surface area (Å²) in [7, 11) is 3.44. The minimum absolute atomic E-state index is 0.0696. The molecule has 0 bridgehead atoms. The maximum absolute atomic E-state index is 14.1. The number of carbonyl (C=O) groups is 1. The van der Waals surface area contributed by atoms with E-state index in [0.717, 1.165) is 22.0 Å². The Bertz CT molecular complexity index is 969. The molecule has 1 N–H and O–H groups in total. The number of aryl methyl sites for hydroxylation is 1. The lowest BCUT2D eigenvalue weighted by atomic mass is 9.97. The lowest BCUT2D eigenvalue weighted by Gasteiger charge is -2.17. The SMILES string of the molecule is Cc1cccc2c(Nc3cc(Cl)ccc3F)ccc(C(=O)N(C)C)c12. The van der Waals surface area contributed by atoms with Crippen molar-refractivity contribution in [1.29, 1.82) is 0 Å². The molecule has 0 heterocycles. The van der Waals surface area contributed by atoms with E-state index in [4.69, 9.17) is 11.6 Å². The van der Waals surface area contributed by atoms with E-state index in [-0.39, 0.29) is 5.91 Å². The minimum Gasteiger partial charge on any atom is -0.353 e. The highest BCUT2D eigenvalue weighted by molar-refractivity contribution is 6.30. The smallest absolute Gasteiger partial charge is 0.253 e. The third-order valence-electron chi connectivity index (χ3n) is 4.08. The Morgan fingerprint density at radius 2 is 1.84 bits per heavy atom. The topological polar surface area (TPSA) is 32.3 Å². The Hall–Kier alpha value is -2.59. The van der Waals surface area contributed by atoms with Crippen LogP contribution in [0.15, 0.2) is 48.5 Å². The molecule has 1 amide bonds. The number of anilines is 2. The van der Waals surface area contributed by atoms with Crippen LogP contribution in [-0.2, 0) is 0 Å². The molecule has 0 aliphatic heterocycles. The van der Waals surface area contributed by atoms with Gasteiger partial charge in [0.2, 0.25) is 0 Å². The summed E-state index contributed by atoms with van der Waals surface area (Å²) in [5.41, 5.74) is 2.62. The summed E-state index contributed by atoms with van der Waals surface area (Å²) < 4.78 is 14.1. The lowest BCUT2D eigenvalue weighted by molar-refractivity contribution is 0.0829. The molecule has 0 radical (unpaired) electrons. The quantitative estimate of drug-likeness (QED) is 0.682. The fourth-order valence-electron chi connectivity index (χ4n) is 2.86. The number of rotatable bonds is 3. The average Bonchev–Trinajstić information content (AvgIpc) is 2.58. The molecule has 3 rings (SSSR count). The molecule has 0 fully saturated rings. The molecular formula is C20H18ClFN2O. The van der Waals surface area contributed by atoms with Gasteiger partial charge in [-0.15, -0.1) is 0 Å². The van der Waals surface area contributed by atoms with Gasteiger partial charge in [0, 0.05) is 35.8 Å². The first-order chi connectivity index (χ1) is 11.9. The zero-order chi connectivity index (χ0) is 18.1. The van der Waals surface area contributed by atoms with Crippen molar-refractivity contribution in [3.63, 3.8) is 0 Å². The highest BCUT2D eigenvalue weighted by Gasteiger charge is 2.16. The molecule has 0 aromatic heterocycles. The lowest BCUT2D eigenvalue weighted by Crippen LogP contribution is -2.22. The molecule has 128 valence electrons. The number of halogens is 2. The van der Waals surface area contributed by atoms with Crippen LogP contribution in [0.5, 0.6) is 0 Å². The number of fused-ring (bicyclic) bond motifs is 1. The van der Waals surface area contributed by atoms with Crippen LogP contribution < -0.4 is 5.32 Å². The Morgan fingerprint density at radius 1 is 1.08 bits per heavy atom. The summed E-state index contributed by atoms with van der Waals surface area (Å²) in [6.07, 6.45) is 0. The summed E-state index contributed by atoms with van der Waals surface area (Å²) >= 11 is 5.97. The monoisotopic (exact) mass is 356 g/mol. The third-order valence-corrected chi connectivity index (χ3v) is 4.32. The second-order valence-corrected chi connectivity index (χ2v) is 6.54. The zero-order valence-corrected chi connectivity index (χ0v) is 15.0. The van der Waals surface area contributed by atoms with Crippen LogP contribution in [-0.4, -0.2) is 24.9 Å². The van der Waals surface area contributed by atoms with Gasteiger partial charge in [0.05, 0.1) is 5.69 Å². The maximum Gasteiger partial charge on any atom is 0.253 e. The predicted molar refractivity (Wildman–Crippen MR) is 101 cm³/mol. The minimum atomic E-state index is -0.390. The molecule has 5 heteroatoms. The summed E-state index contributed by atoms with van der Waals surface area (Å²) in [5, 5.41) is 5.25. The molecule has 0 saturated heterocycles. The van der Waals surface area contributed by atoms with E-state index in [2.05, 4.69) is 5.32 Å². The van der Waals surface area contributed by atoms with E-state index in [1.807, 2.05) is 25.1 Å². The van der Waals surface area contributed by atoms with Crippen LogP contribution in [0.4, 0.5) is 15.8 Å². The Morgan fingerprint density at radius 3 is 2.56 bits per heavy atom. The molecular weight excluding hydrogens is 339 g/mol. The van der Waals surface area contributed by atoms with Crippen LogP contribution in [0.25, 0.3) is 10.8 Å². The second kappa shape index (κ2) is 6.73. The number of benzene rings is 3. The van der Waals surface area contributed by atoms with Gasteiger partial charge in [-0.2, -0.15) is 0 Å². The summed E-state index contributed by atoms with van der Waals surface area (Å²) in [4.78, 5) is 14.1. The molecule has 0 spiro atoms. The molecule has 3 aromatic rings. The van der Waals surface area contributed by atoms with E-state index in [0.29, 0.717) is 16.3 Å². The van der Waals surface area contributed by atoms with Gasteiger partial charge in [-0.1, -0.05) is 29.8 Å². The van der Waals surface area contributed by atoms with E-state index in [1.165, 1.54) is 18.2 Å². The molecule has 0 aliphatic carbocycles. The largest absolute Gasteiger partial charge is 0.353 e. The van der Waals surface area contributed by atoms with Crippen molar-refractivity contribution in [3.8, 4) is 0 Å². The summed E-state index contributed by atoms with van der Waals surface area (Å²) in [6, 6.07) is 13.7. The van der Waals surface area contributed by atoms with Gasteiger partial charge < -0.3 is 10.2 Å². The van der Waals surface area contributed by atoms with Gasteiger partial charge in [0.25, 0.3) is 5.91 Å². The van der Waals surface area contributed by atoms with Gasteiger partial charge >= 0.3 is 0 Å². The van der Waals surface area contributed by atoms with Crippen LogP contribution in [0.1, 0.15) is 15.9 Å². The standard InChI is InChI=1S/C20H18ClFN2O/c1-12-5-4-6-14-17(23-18-11-13(21)7-9-16(18)22)10-8-15(19(12)14)20(25)24(2)3/h4-11,23H,1-3H3. The van der Waals surface area contributed by atoms with Gasteiger partial charge in [-0.3, -0.25) is 4.79 Å². The average molecular weight is 357 g/mol. The Labute approximate surface area is 151 Å². The van der Waals surface area contributed by atoms with Crippen molar-refractivity contribution in [3.05, 3.63) is 70.5 Å². The molecule has 25 heavy (non-hydrogen) atoms. The van der Waals surface area contributed by atoms with Gasteiger partial charge in [0.1, 0.15) is 5.82 Å². The number of nitrogens with zero attached hydrogens (tertiary/aromatic N) is 1. The molecule has 0 atom stereocenters. The zero-order valence-electron chi connectivity index (χ0n) is 14.2. The normalized spacial score (nSPS) is 10.8. The number of carbonyl (C=O) groups excluding carboxylic acids is 1. The van der Waals surface area contributed by atoms with Crippen molar-refractivity contribution >= 4 is 39.7 Å². The highest BCUT2D eigenvalue weighted by Crippen LogP contribution is 2.33. The number of hydrogen-bond acceptors (Lipinski definition) is 2.